The Kier molecular flexibility index (Phi) is 6.71. The molecule has 0 radical (unpaired) electrons. The third kappa shape index (κ3) is 5.73. The van der Waals surface area contributed by atoms with Gasteiger partial charge in [0.15, 0.2) is 0 Å². The summed E-state index contributed by atoms with van der Waals surface area (Å²) in [5.41, 5.74) is 3.20. The monoisotopic (exact) mass is 367 g/mol. The molecule has 0 aliphatic carbocycles. The van der Waals surface area contributed by atoms with Gasteiger partial charge in [-0.25, -0.2) is 0 Å². The van der Waals surface area contributed by atoms with Crippen LogP contribution in [0, 0.1) is 0 Å². The Hall–Kier alpha value is -2.53. The van der Waals surface area contributed by atoms with Crippen molar-refractivity contribution in [2.75, 3.05) is 44.0 Å². The van der Waals surface area contributed by atoms with Gasteiger partial charge in [0, 0.05) is 31.0 Å². The molecule has 1 amide bonds. The predicted octanol–water partition coefficient (Wildman–Crippen LogP) is 3.76. The average molecular weight is 367 g/mol. The van der Waals surface area contributed by atoms with Gasteiger partial charge in [-0.2, -0.15) is 0 Å². The predicted molar refractivity (Wildman–Crippen MR) is 110 cm³/mol. The SMILES string of the molecule is COc1cccc(CN(C)CC(=O)Nc2ccc(N3CCCCC3)cc2)c1. The standard InChI is InChI=1S/C22H29N3O2/c1-24(16-18-7-6-8-21(15-18)27-2)17-22(26)23-19-9-11-20(12-10-19)25-13-4-3-5-14-25/h6-12,15H,3-5,13-14,16-17H2,1-2H3,(H,23,26). The molecule has 1 fully saturated rings. The summed E-state index contributed by atoms with van der Waals surface area (Å²) in [4.78, 5) is 16.7. The zero-order chi connectivity index (χ0) is 19.1. The van der Waals surface area contributed by atoms with E-state index < -0.39 is 0 Å². The number of amides is 1. The molecule has 2 aromatic rings. The lowest BCUT2D eigenvalue weighted by Gasteiger charge is -2.28. The molecule has 1 saturated heterocycles. The minimum Gasteiger partial charge on any atom is -0.497 e. The highest BCUT2D eigenvalue weighted by Gasteiger charge is 2.12. The number of benzene rings is 2. The molecule has 1 heterocycles. The second kappa shape index (κ2) is 9.42. The van der Waals surface area contributed by atoms with E-state index in [0.717, 1.165) is 30.1 Å². The van der Waals surface area contributed by atoms with Crippen LogP contribution in [-0.4, -0.2) is 44.6 Å². The van der Waals surface area contributed by atoms with Gasteiger partial charge in [0.25, 0.3) is 0 Å². The van der Waals surface area contributed by atoms with Crippen molar-refractivity contribution in [3.05, 3.63) is 54.1 Å². The Morgan fingerprint density at radius 2 is 1.85 bits per heavy atom. The highest BCUT2D eigenvalue weighted by molar-refractivity contribution is 5.92. The Labute approximate surface area is 161 Å². The lowest BCUT2D eigenvalue weighted by Crippen LogP contribution is -2.30. The normalized spacial score (nSPS) is 14.3. The molecule has 5 nitrogen and oxygen atoms in total. The first-order valence-corrected chi connectivity index (χ1v) is 9.60. The first kappa shape index (κ1) is 19.2. The summed E-state index contributed by atoms with van der Waals surface area (Å²) in [6.07, 6.45) is 3.85. The highest BCUT2D eigenvalue weighted by atomic mass is 16.5. The maximum atomic E-state index is 12.3. The van der Waals surface area contributed by atoms with E-state index in [2.05, 4.69) is 22.3 Å². The van der Waals surface area contributed by atoms with Crippen LogP contribution in [0.4, 0.5) is 11.4 Å². The van der Waals surface area contributed by atoms with Crippen molar-refractivity contribution >= 4 is 17.3 Å². The van der Waals surface area contributed by atoms with E-state index >= 15 is 0 Å². The van der Waals surface area contributed by atoms with Crippen LogP contribution in [0.1, 0.15) is 24.8 Å². The van der Waals surface area contributed by atoms with Gasteiger partial charge < -0.3 is 15.0 Å². The average Bonchev–Trinajstić information content (AvgIpc) is 2.69. The molecule has 1 aliphatic rings. The third-order valence-electron chi connectivity index (χ3n) is 4.87. The number of carbonyl (C=O) groups is 1. The molecule has 0 bridgehead atoms. The van der Waals surface area contributed by atoms with Gasteiger partial charge in [-0.15, -0.1) is 0 Å². The van der Waals surface area contributed by atoms with Gasteiger partial charge in [-0.1, -0.05) is 12.1 Å². The number of likely N-dealkylation sites (N-methyl/N-ethyl adjacent to an activating group) is 1. The van der Waals surface area contributed by atoms with E-state index in [9.17, 15) is 4.79 Å². The number of ether oxygens (including phenoxy) is 1. The minimum absolute atomic E-state index is 0.00822. The number of nitrogens with one attached hydrogen (secondary N) is 1. The van der Waals surface area contributed by atoms with Gasteiger partial charge in [0.05, 0.1) is 13.7 Å². The number of piperidine rings is 1. The fourth-order valence-corrected chi connectivity index (χ4v) is 3.49. The number of methoxy groups -OCH3 is 1. The molecule has 144 valence electrons. The molecule has 0 unspecified atom stereocenters. The Morgan fingerprint density at radius 3 is 2.56 bits per heavy atom. The molecule has 0 saturated carbocycles. The Morgan fingerprint density at radius 1 is 1.11 bits per heavy atom. The molecule has 1 N–H and O–H groups in total. The second-order valence-corrected chi connectivity index (χ2v) is 7.17. The second-order valence-electron chi connectivity index (χ2n) is 7.17. The lowest BCUT2D eigenvalue weighted by molar-refractivity contribution is -0.117. The van der Waals surface area contributed by atoms with Crippen LogP contribution in [0.2, 0.25) is 0 Å². The van der Waals surface area contributed by atoms with Gasteiger partial charge in [-0.05, 0) is 68.3 Å². The number of hydrogen-bond donors (Lipinski definition) is 1. The summed E-state index contributed by atoms with van der Waals surface area (Å²) in [6.45, 7) is 3.28. The molecule has 2 aromatic carbocycles. The minimum atomic E-state index is -0.00822. The van der Waals surface area contributed by atoms with Crippen molar-refractivity contribution < 1.29 is 9.53 Å². The molecule has 27 heavy (non-hydrogen) atoms. The van der Waals surface area contributed by atoms with Crippen LogP contribution in [-0.2, 0) is 11.3 Å². The molecule has 0 spiro atoms. The van der Waals surface area contributed by atoms with E-state index in [1.54, 1.807) is 7.11 Å². The first-order chi connectivity index (χ1) is 13.1. The Balaban J connectivity index is 1.49. The lowest BCUT2D eigenvalue weighted by atomic mass is 10.1. The van der Waals surface area contributed by atoms with E-state index in [4.69, 9.17) is 4.74 Å². The molecule has 0 atom stereocenters. The maximum Gasteiger partial charge on any atom is 0.238 e. The fraction of sp³-hybridized carbons (Fsp3) is 0.409. The molecule has 1 aliphatic heterocycles. The largest absolute Gasteiger partial charge is 0.497 e. The molecule has 5 heteroatoms. The summed E-state index contributed by atoms with van der Waals surface area (Å²) in [6, 6.07) is 16.1. The number of nitrogens with zero attached hydrogens (tertiary/aromatic N) is 2. The number of rotatable bonds is 7. The van der Waals surface area contributed by atoms with Crippen LogP contribution in [0.3, 0.4) is 0 Å². The third-order valence-corrected chi connectivity index (χ3v) is 4.87. The fourth-order valence-electron chi connectivity index (χ4n) is 3.49. The zero-order valence-corrected chi connectivity index (χ0v) is 16.3. The van der Waals surface area contributed by atoms with Crippen molar-refractivity contribution in [3.8, 4) is 5.75 Å². The quantitative estimate of drug-likeness (QED) is 0.809. The van der Waals surface area contributed by atoms with Gasteiger partial charge in [0.1, 0.15) is 5.75 Å². The van der Waals surface area contributed by atoms with E-state index in [1.807, 2.05) is 48.3 Å². The smallest absolute Gasteiger partial charge is 0.238 e. The summed E-state index contributed by atoms with van der Waals surface area (Å²) in [7, 11) is 3.60. The van der Waals surface area contributed by atoms with Crippen LogP contribution in [0.25, 0.3) is 0 Å². The van der Waals surface area contributed by atoms with E-state index in [-0.39, 0.29) is 5.91 Å². The molecular weight excluding hydrogens is 338 g/mol. The van der Waals surface area contributed by atoms with Crippen molar-refractivity contribution in [1.82, 2.24) is 4.90 Å². The molecule has 0 aromatic heterocycles. The summed E-state index contributed by atoms with van der Waals surface area (Å²) in [5.74, 6) is 0.824. The van der Waals surface area contributed by atoms with Crippen LogP contribution < -0.4 is 15.0 Å². The van der Waals surface area contributed by atoms with Crippen LogP contribution in [0.15, 0.2) is 48.5 Å². The van der Waals surface area contributed by atoms with E-state index in [0.29, 0.717) is 13.1 Å². The van der Waals surface area contributed by atoms with Crippen LogP contribution >= 0.6 is 0 Å². The van der Waals surface area contributed by atoms with E-state index in [1.165, 1.54) is 24.9 Å². The van der Waals surface area contributed by atoms with Gasteiger partial charge in [-0.3, -0.25) is 9.69 Å². The summed E-state index contributed by atoms with van der Waals surface area (Å²) >= 11 is 0. The Bertz CT molecular complexity index is 739. The van der Waals surface area contributed by atoms with Gasteiger partial charge in [0.2, 0.25) is 5.91 Å². The van der Waals surface area contributed by atoms with Crippen molar-refractivity contribution in [2.24, 2.45) is 0 Å². The van der Waals surface area contributed by atoms with Crippen molar-refractivity contribution in [1.29, 1.82) is 0 Å². The zero-order valence-electron chi connectivity index (χ0n) is 16.3. The topological polar surface area (TPSA) is 44.8 Å². The van der Waals surface area contributed by atoms with Gasteiger partial charge >= 0.3 is 0 Å². The van der Waals surface area contributed by atoms with Crippen LogP contribution in [0.5, 0.6) is 5.75 Å². The molecular formula is C22H29N3O2. The number of anilines is 2. The summed E-state index contributed by atoms with van der Waals surface area (Å²) in [5, 5.41) is 2.99. The van der Waals surface area contributed by atoms with Crippen molar-refractivity contribution in [3.63, 3.8) is 0 Å². The number of hydrogen-bond acceptors (Lipinski definition) is 4. The maximum absolute atomic E-state index is 12.3. The number of carbonyl (C=O) groups excluding carboxylic acids is 1. The first-order valence-electron chi connectivity index (χ1n) is 9.60. The molecule has 3 rings (SSSR count). The highest BCUT2D eigenvalue weighted by Crippen LogP contribution is 2.21. The van der Waals surface area contributed by atoms with Crippen molar-refractivity contribution in [2.45, 2.75) is 25.8 Å². The summed E-state index contributed by atoms with van der Waals surface area (Å²) < 4.78 is 5.25.